The van der Waals surface area contributed by atoms with Gasteiger partial charge in [-0.3, -0.25) is 4.98 Å². The minimum absolute atomic E-state index is 0.566. The molecule has 1 aliphatic rings. The molecule has 0 atom stereocenters. The molecule has 2 aromatic rings. The molecule has 2 aromatic heterocycles. The highest BCUT2D eigenvalue weighted by molar-refractivity contribution is 5.43. The number of hydrogen-bond acceptors (Lipinski definition) is 4. The number of hydrogen-bond donors (Lipinski definition) is 0. The average Bonchev–Trinajstić information content (AvgIpc) is 3.04. The predicted octanol–water partition coefficient (Wildman–Crippen LogP) is 3.47. The molecule has 1 saturated heterocycles. The van der Waals surface area contributed by atoms with E-state index >= 15 is 0 Å². The van der Waals surface area contributed by atoms with E-state index < -0.39 is 0 Å². The van der Waals surface area contributed by atoms with Crippen LogP contribution < -0.4 is 4.90 Å². The summed E-state index contributed by atoms with van der Waals surface area (Å²) in [7, 11) is 0. The number of anilines is 1. The Morgan fingerprint density at radius 2 is 1.96 bits per heavy atom. The van der Waals surface area contributed by atoms with Crippen LogP contribution in [0.2, 0.25) is 0 Å². The largest absolute Gasteiger partial charge is 0.355 e. The fourth-order valence-electron chi connectivity index (χ4n) is 3.37. The van der Waals surface area contributed by atoms with Crippen LogP contribution in [0, 0.1) is 13.8 Å². The summed E-state index contributed by atoms with van der Waals surface area (Å²) in [6.07, 6.45) is 10.6. The molecule has 1 fully saturated rings. The van der Waals surface area contributed by atoms with Crippen LogP contribution in [0.3, 0.4) is 0 Å². The van der Waals surface area contributed by atoms with Gasteiger partial charge in [-0.2, -0.15) is 0 Å². The van der Waals surface area contributed by atoms with Crippen molar-refractivity contribution in [1.82, 2.24) is 19.5 Å². The van der Waals surface area contributed by atoms with Crippen molar-refractivity contribution in [3.05, 3.63) is 35.8 Å². The Labute approximate surface area is 138 Å². The Bertz CT molecular complexity index is 641. The Morgan fingerprint density at radius 3 is 2.70 bits per heavy atom. The van der Waals surface area contributed by atoms with Crippen LogP contribution in [0.25, 0.3) is 0 Å². The second-order valence-corrected chi connectivity index (χ2v) is 6.51. The van der Waals surface area contributed by atoms with Crippen LogP contribution in [0.4, 0.5) is 5.82 Å². The lowest BCUT2D eigenvalue weighted by Gasteiger charge is -2.33. The monoisotopic (exact) mass is 313 g/mol. The topological polar surface area (TPSA) is 46.8 Å². The number of unbranched alkanes of at least 4 members (excludes halogenated alkanes) is 1. The molecule has 0 amide bonds. The van der Waals surface area contributed by atoms with Gasteiger partial charge >= 0.3 is 0 Å². The van der Waals surface area contributed by atoms with Gasteiger partial charge in [-0.05, 0) is 33.1 Å². The van der Waals surface area contributed by atoms with Crippen molar-refractivity contribution in [2.75, 3.05) is 18.0 Å². The van der Waals surface area contributed by atoms with Gasteiger partial charge in [-0.25, -0.2) is 9.97 Å². The normalized spacial score (nSPS) is 16.0. The van der Waals surface area contributed by atoms with Crippen LogP contribution in [0.15, 0.2) is 18.6 Å². The van der Waals surface area contributed by atoms with Gasteiger partial charge < -0.3 is 9.47 Å². The number of piperidine rings is 1. The molecule has 0 bridgehead atoms. The van der Waals surface area contributed by atoms with Crippen molar-refractivity contribution >= 4 is 5.82 Å². The Hall–Kier alpha value is -1.91. The van der Waals surface area contributed by atoms with Crippen molar-refractivity contribution in [3.8, 4) is 0 Å². The smallest absolute Gasteiger partial charge is 0.150 e. The van der Waals surface area contributed by atoms with Gasteiger partial charge in [-0.15, -0.1) is 0 Å². The zero-order valence-corrected chi connectivity index (χ0v) is 14.5. The maximum atomic E-state index is 4.68. The predicted molar refractivity (Wildman–Crippen MR) is 92.8 cm³/mol. The van der Waals surface area contributed by atoms with Gasteiger partial charge in [0, 0.05) is 44.1 Å². The summed E-state index contributed by atoms with van der Waals surface area (Å²) >= 11 is 0. The highest BCUT2D eigenvalue weighted by atomic mass is 15.2. The van der Waals surface area contributed by atoms with Gasteiger partial charge in [-0.1, -0.05) is 13.3 Å². The van der Waals surface area contributed by atoms with Gasteiger partial charge in [0.1, 0.15) is 11.6 Å². The third-order valence-electron chi connectivity index (χ3n) is 4.71. The number of imidazole rings is 1. The Morgan fingerprint density at radius 1 is 1.17 bits per heavy atom. The molecular weight excluding hydrogens is 286 g/mol. The number of nitrogens with zero attached hydrogens (tertiary/aromatic N) is 5. The molecular formula is C18H27N5. The SMILES string of the molecule is CCCCn1ccnc1C1CCN(c2nc(C)cnc2C)CC1. The summed E-state index contributed by atoms with van der Waals surface area (Å²) in [5, 5.41) is 0. The minimum atomic E-state index is 0.566. The van der Waals surface area contributed by atoms with E-state index in [2.05, 4.69) is 37.5 Å². The standard InChI is InChI=1S/C18H27N5/c1-4-5-9-22-12-8-19-18(22)16-6-10-23(11-7-16)17-15(3)20-13-14(2)21-17/h8,12-13,16H,4-7,9-11H2,1-3H3. The first-order chi connectivity index (χ1) is 11.2. The van der Waals surface area contributed by atoms with E-state index in [4.69, 9.17) is 0 Å². The first-order valence-electron chi connectivity index (χ1n) is 8.75. The highest BCUT2D eigenvalue weighted by Crippen LogP contribution is 2.30. The van der Waals surface area contributed by atoms with Gasteiger partial charge in [0.2, 0.25) is 0 Å². The zero-order valence-electron chi connectivity index (χ0n) is 14.5. The molecule has 0 unspecified atom stereocenters. The number of rotatable bonds is 5. The molecule has 0 aliphatic carbocycles. The van der Waals surface area contributed by atoms with E-state index in [9.17, 15) is 0 Å². The van der Waals surface area contributed by atoms with Crippen molar-refractivity contribution in [1.29, 1.82) is 0 Å². The molecule has 5 heteroatoms. The third kappa shape index (κ3) is 3.54. The van der Waals surface area contributed by atoms with Crippen molar-refractivity contribution in [3.63, 3.8) is 0 Å². The summed E-state index contributed by atoms with van der Waals surface area (Å²) in [4.78, 5) is 16.2. The Balaban J connectivity index is 1.67. The lowest BCUT2D eigenvalue weighted by Crippen LogP contribution is -2.35. The molecule has 3 heterocycles. The number of aryl methyl sites for hydroxylation is 3. The van der Waals surface area contributed by atoms with E-state index in [1.807, 2.05) is 26.2 Å². The lowest BCUT2D eigenvalue weighted by atomic mass is 9.95. The van der Waals surface area contributed by atoms with Crippen LogP contribution in [-0.4, -0.2) is 32.6 Å². The molecule has 0 spiro atoms. The first-order valence-corrected chi connectivity index (χ1v) is 8.75. The average molecular weight is 313 g/mol. The summed E-state index contributed by atoms with van der Waals surface area (Å²) in [5.74, 6) is 2.89. The van der Waals surface area contributed by atoms with E-state index in [-0.39, 0.29) is 0 Å². The fourth-order valence-corrected chi connectivity index (χ4v) is 3.37. The molecule has 1 aliphatic heterocycles. The number of aromatic nitrogens is 4. The van der Waals surface area contributed by atoms with Crippen molar-refractivity contribution in [2.45, 2.75) is 58.9 Å². The quantitative estimate of drug-likeness (QED) is 0.848. The first kappa shape index (κ1) is 16.0. The second kappa shape index (κ2) is 7.11. The fraction of sp³-hybridized carbons (Fsp3) is 0.611. The van der Waals surface area contributed by atoms with Crippen LogP contribution in [0.1, 0.15) is 55.7 Å². The highest BCUT2D eigenvalue weighted by Gasteiger charge is 2.25. The molecule has 0 aromatic carbocycles. The molecule has 0 N–H and O–H groups in total. The molecule has 3 rings (SSSR count). The molecule has 23 heavy (non-hydrogen) atoms. The summed E-state index contributed by atoms with van der Waals surface area (Å²) in [6, 6.07) is 0. The van der Waals surface area contributed by atoms with Gasteiger partial charge in [0.05, 0.1) is 11.4 Å². The third-order valence-corrected chi connectivity index (χ3v) is 4.71. The lowest BCUT2D eigenvalue weighted by molar-refractivity contribution is 0.457. The van der Waals surface area contributed by atoms with Crippen LogP contribution in [-0.2, 0) is 6.54 Å². The maximum Gasteiger partial charge on any atom is 0.150 e. The molecule has 5 nitrogen and oxygen atoms in total. The van der Waals surface area contributed by atoms with E-state index in [0.29, 0.717) is 5.92 Å². The molecule has 124 valence electrons. The summed E-state index contributed by atoms with van der Waals surface area (Å²) in [5.41, 5.74) is 2.02. The molecule has 0 saturated carbocycles. The van der Waals surface area contributed by atoms with E-state index in [1.165, 1.54) is 18.7 Å². The van der Waals surface area contributed by atoms with Crippen molar-refractivity contribution < 1.29 is 0 Å². The minimum Gasteiger partial charge on any atom is -0.355 e. The van der Waals surface area contributed by atoms with Crippen LogP contribution >= 0.6 is 0 Å². The summed E-state index contributed by atoms with van der Waals surface area (Å²) < 4.78 is 2.35. The summed E-state index contributed by atoms with van der Waals surface area (Å²) in [6.45, 7) is 9.45. The van der Waals surface area contributed by atoms with E-state index in [0.717, 1.165) is 49.7 Å². The van der Waals surface area contributed by atoms with Crippen LogP contribution in [0.5, 0.6) is 0 Å². The molecule has 0 radical (unpaired) electrons. The van der Waals surface area contributed by atoms with E-state index in [1.54, 1.807) is 0 Å². The van der Waals surface area contributed by atoms with Gasteiger partial charge in [0.25, 0.3) is 0 Å². The maximum absolute atomic E-state index is 4.68. The van der Waals surface area contributed by atoms with Crippen molar-refractivity contribution in [2.24, 2.45) is 0 Å². The zero-order chi connectivity index (χ0) is 16.2. The Kier molecular flexibility index (Phi) is 4.94. The second-order valence-electron chi connectivity index (χ2n) is 6.51. The van der Waals surface area contributed by atoms with Gasteiger partial charge in [0.15, 0.2) is 0 Å².